The molecular weight excluding hydrogens is 206 g/mol. The quantitative estimate of drug-likeness (QED) is 0.691. The van der Waals surface area contributed by atoms with Crippen molar-refractivity contribution in [2.45, 2.75) is 78.2 Å². The smallest absolute Gasteiger partial charge is 0.0310 e. The van der Waals surface area contributed by atoms with Crippen molar-refractivity contribution in [2.24, 2.45) is 17.1 Å². The number of hydrogen-bond donors (Lipinski definition) is 1. The highest BCUT2D eigenvalue weighted by molar-refractivity contribution is 5.00. The maximum absolute atomic E-state index is 6.22. The van der Waals surface area contributed by atoms with E-state index in [2.05, 4.69) is 39.8 Å². The molecule has 2 unspecified atom stereocenters. The SMILES string of the molecule is CC=CC(C)(N)CCCC1CCCCC1(C)C. The Bertz CT molecular complexity index is 250. The normalized spacial score (nSPS) is 28.2. The topological polar surface area (TPSA) is 26.0 Å². The highest BCUT2D eigenvalue weighted by atomic mass is 14.7. The third-order valence-corrected chi connectivity index (χ3v) is 4.54. The van der Waals surface area contributed by atoms with Crippen LogP contribution in [-0.2, 0) is 0 Å². The van der Waals surface area contributed by atoms with Crippen LogP contribution < -0.4 is 5.73 Å². The highest BCUT2D eigenvalue weighted by Gasteiger charge is 2.31. The van der Waals surface area contributed by atoms with Crippen LogP contribution in [0.5, 0.6) is 0 Å². The van der Waals surface area contributed by atoms with E-state index in [9.17, 15) is 0 Å². The van der Waals surface area contributed by atoms with E-state index >= 15 is 0 Å². The van der Waals surface area contributed by atoms with Crippen molar-refractivity contribution in [3.63, 3.8) is 0 Å². The van der Waals surface area contributed by atoms with E-state index < -0.39 is 0 Å². The molecule has 2 atom stereocenters. The number of rotatable bonds is 5. The first kappa shape index (κ1) is 14.8. The van der Waals surface area contributed by atoms with Crippen LogP contribution in [0.3, 0.4) is 0 Å². The highest BCUT2D eigenvalue weighted by Crippen LogP contribution is 2.43. The zero-order valence-corrected chi connectivity index (χ0v) is 12.3. The Kier molecular flexibility index (Phi) is 5.24. The molecular formula is C16H31N. The van der Waals surface area contributed by atoms with E-state index in [1.165, 1.54) is 38.5 Å². The zero-order valence-electron chi connectivity index (χ0n) is 12.3. The van der Waals surface area contributed by atoms with Crippen LogP contribution in [0.2, 0.25) is 0 Å². The second-order valence-corrected chi connectivity index (χ2v) is 6.83. The first-order valence-corrected chi connectivity index (χ1v) is 7.30. The Hall–Kier alpha value is -0.300. The maximum atomic E-state index is 6.22. The average Bonchev–Trinajstić information content (AvgIpc) is 2.20. The molecule has 0 heterocycles. The Morgan fingerprint density at radius 1 is 1.35 bits per heavy atom. The van der Waals surface area contributed by atoms with E-state index in [0.29, 0.717) is 5.41 Å². The number of nitrogens with two attached hydrogens (primary N) is 1. The fourth-order valence-corrected chi connectivity index (χ4v) is 3.29. The van der Waals surface area contributed by atoms with Crippen molar-refractivity contribution in [3.05, 3.63) is 12.2 Å². The van der Waals surface area contributed by atoms with Gasteiger partial charge in [0, 0.05) is 5.54 Å². The van der Waals surface area contributed by atoms with Gasteiger partial charge in [-0.05, 0) is 50.9 Å². The van der Waals surface area contributed by atoms with Gasteiger partial charge in [0.1, 0.15) is 0 Å². The van der Waals surface area contributed by atoms with Gasteiger partial charge in [-0.1, -0.05) is 45.3 Å². The summed E-state index contributed by atoms with van der Waals surface area (Å²) >= 11 is 0. The predicted molar refractivity (Wildman–Crippen MR) is 77.0 cm³/mol. The first-order chi connectivity index (χ1) is 7.87. The minimum absolute atomic E-state index is 0.104. The molecule has 17 heavy (non-hydrogen) atoms. The van der Waals surface area contributed by atoms with Crippen LogP contribution in [0.25, 0.3) is 0 Å². The molecule has 1 saturated carbocycles. The first-order valence-electron chi connectivity index (χ1n) is 7.30. The van der Waals surface area contributed by atoms with E-state index in [4.69, 9.17) is 5.73 Å². The molecule has 2 N–H and O–H groups in total. The van der Waals surface area contributed by atoms with Gasteiger partial charge < -0.3 is 5.73 Å². The summed E-state index contributed by atoms with van der Waals surface area (Å²) in [6.45, 7) is 9.09. The van der Waals surface area contributed by atoms with E-state index in [1.54, 1.807) is 0 Å². The molecule has 0 aromatic heterocycles. The Morgan fingerprint density at radius 2 is 2.06 bits per heavy atom. The summed E-state index contributed by atoms with van der Waals surface area (Å²) in [4.78, 5) is 0. The molecule has 0 aromatic rings. The van der Waals surface area contributed by atoms with Crippen LogP contribution >= 0.6 is 0 Å². The third-order valence-electron chi connectivity index (χ3n) is 4.54. The van der Waals surface area contributed by atoms with Gasteiger partial charge in [-0.3, -0.25) is 0 Å². The molecule has 1 heteroatoms. The van der Waals surface area contributed by atoms with Crippen molar-refractivity contribution in [2.75, 3.05) is 0 Å². The molecule has 1 nitrogen and oxygen atoms in total. The van der Waals surface area contributed by atoms with Crippen LogP contribution in [0, 0.1) is 11.3 Å². The summed E-state index contributed by atoms with van der Waals surface area (Å²) in [6, 6.07) is 0. The second kappa shape index (κ2) is 6.04. The lowest BCUT2D eigenvalue weighted by Crippen LogP contribution is -2.34. The van der Waals surface area contributed by atoms with Crippen molar-refractivity contribution >= 4 is 0 Å². The second-order valence-electron chi connectivity index (χ2n) is 6.83. The molecule has 1 rings (SSSR count). The summed E-state index contributed by atoms with van der Waals surface area (Å²) in [5, 5.41) is 0. The molecule has 0 amide bonds. The molecule has 0 bridgehead atoms. The van der Waals surface area contributed by atoms with Gasteiger partial charge >= 0.3 is 0 Å². The van der Waals surface area contributed by atoms with Gasteiger partial charge in [-0.15, -0.1) is 0 Å². The van der Waals surface area contributed by atoms with Crippen molar-refractivity contribution in [3.8, 4) is 0 Å². The van der Waals surface area contributed by atoms with E-state index in [0.717, 1.165) is 12.3 Å². The molecule has 1 aliphatic rings. The van der Waals surface area contributed by atoms with Crippen LogP contribution in [-0.4, -0.2) is 5.54 Å². The number of hydrogen-bond acceptors (Lipinski definition) is 1. The standard InChI is InChI=1S/C16H31N/c1-5-11-16(4,17)13-8-10-14-9-6-7-12-15(14,2)3/h5,11,14H,6-10,12-13,17H2,1-4H3. The van der Waals surface area contributed by atoms with Crippen molar-refractivity contribution < 1.29 is 0 Å². The van der Waals surface area contributed by atoms with Gasteiger partial charge in [0.2, 0.25) is 0 Å². The fraction of sp³-hybridized carbons (Fsp3) is 0.875. The molecule has 0 spiro atoms. The number of allylic oxidation sites excluding steroid dienone is 1. The van der Waals surface area contributed by atoms with E-state index in [-0.39, 0.29) is 5.54 Å². The Morgan fingerprint density at radius 3 is 2.65 bits per heavy atom. The summed E-state index contributed by atoms with van der Waals surface area (Å²) in [7, 11) is 0. The molecule has 0 aromatic carbocycles. The summed E-state index contributed by atoms with van der Waals surface area (Å²) in [6.07, 6.45) is 13.7. The summed E-state index contributed by atoms with van der Waals surface area (Å²) in [5.74, 6) is 0.914. The van der Waals surface area contributed by atoms with Gasteiger partial charge in [-0.25, -0.2) is 0 Å². The van der Waals surface area contributed by atoms with Crippen LogP contribution in [0.1, 0.15) is 72.6 Å². The van der Waals surface area contributed by atoms with Crippen molar-refractivity contribution in [1.29, 1.82) is 0 Å². The van der Waals surface area contributed by atoms with E-state index in [1.807, 2.05) is 0 Å². The molecule has 100 valence electrons. The Labute approximate surface area is 108 Å². The molecule has 1 aliphatic carbocycles. The lowest BCUT2D eigenvalue weighted by Gasteiger charge is -2.39. The van der Waals surface area contributed by atoms with Crippen LogP contribution in [0.15, 0.2) is 12.2 Å². The fourth-order valence-electron chi connectivity index (χ4n) is 3.29. The predicted octanol–water partition coefficient (Wildman–Crippen LogP) is 4.67. The minimum atomic E-state index is -0.104. The van der Waals surface area contributed by atoms with Gasteiger partial charge in [0.15, 0.2) is 0 Å². The van der Waals surface area contributed by atoms with Crippen molar-refractivity contribution in [1.82, 2.24) is 0 Å². The zero-order chi connectivity index (χ0) is 12.9. The molecule has 0 radical (unpaired) electrons. The monoisotopic (exact) mass is 237 g/mol. The summed E-state index contributed by atoms with van der Waals surface area (Å²) in [5.41, 5.74) is 6.68. The largest absolute Gasteiger partial charge is 0.322 e. The van der Waals surface area contributed by atoms with Gasteiger partial charge in [0.05, 0.1) is 0 Å². The summed E-state index contributed by atoms with van der Waals surface area (Å²) < 4.78 is 0. The van der Waals surface area contributed by atoms with Gasteiger partial charge in [-0.2, -0.15) is 0 Å². The third kappa shape index (κ3) is 4.83. The molecule has 0 aliphatic heterocycles. The average molecular weight is 237 g/mol. The van der Waals surface area contributed by atoms with Gasteiger partial charge in [0.25, 0.3) is 0 Å². The van der Waals surface area contributed by atoms with Crippen LogP contribution in [0.4, 0.5) is 0 Å². The lowest BCUT2D eigenvalue weighted by molar-refractivity contribution is 0.125. The maximum Gasteiger partial charge on any atom is 0.0310 e. The minimum Gasteiger partial charge on any atom is -0.322 e. The molecule has 0 saturated heterocycles. The lowest BCUT2D eigenvalue weighted by atomic mass is 9.67. The Balaban J connectivity index is 2.35. The molecule has 1 fully saturated rings.